The summed E-state index contributed by atoms with van der Waals surface area (Å²) in [6, 6.07) is 2.19. The molecule has 0 saturated carbocycles. The molecule has 1 unspecified atom stereocenters. The van der Waals surface area contributed by atoms with Crippen LogP contribution < -0.4 is 20.4 Å². The van der Waals surface area contributed by atoms with E-state index in [2.05, 4.69) is 26.5 Å². The Morgan fingerprint density at radius 2 is 1.47 bits per heavy atom. The van der Waals surface area contributed by atoms with Crippen LogP contribution >= 0.6 is 12.2 Å². The Bertz CT molecular complexity index is 642. The molecule has 0 amide bonds. The Morgan fingerprint density at radius 1 is 0.900 bits per heavy atom. The van der Waals surface area contributed by atoms with Gasteiger partial charge in [-0.15, -0.1) is 0 Å². The van der Waals surface area contributed by atoms with Gasteiger partial charge in [0.2, 0.25) is 5.95 Å². The van der Waals surface area contributed by atoms with E-state index in [1.807, 2.05) is 0 Å². The molecule has 1 aromatic heterocycles. The quantitative estimate of drug-likeness (QED) is 0.683. The largest absolute Gasteiger partial charge is 0.376 e. The second kappa shape index (κ2) is 11.1. The molecule has 0 radical (unpaired) electrons. The van der Waals surface area contributed by atoms with Gasteiger partial charge in [-0.3, -0.25) is 0 Å². The summed E-state index contributed by atoms with van der Waals surface area (Å²) in [4.78, 5) is 14.6. The molecule has 4 rings (SSSR count). The molecule has 7 nitrogen and oxygen atoms in total. The Morgan fingerprint density at radius 3 is 1.97 bits per heavy atom. The molecule has 1 atom stereocenters. The third-order valence-electron chi connectivity index (χ3n) is 6.30. The van der Waals surface area contributed by atoms with E-state index in [1.165, 1.54) is 51.4 Å². The molecule has 4 heterocycles. The van der Waals surface area contributed by atoms with Crippen molar-refractivity contribution in [2.45, 2.75) is 70.3 Å². The average molecular weight is 433 g/mol. The van der Waals surface area contributed by atoms with Crippen molar-refractivity contribution >= 4 is 34.9 Å². The van der Waals surface area contributed by atoms with Crippen molar-refractivity contribution in [2.24, 2.45) is 0 Å². The molecule has 0 aromatic carbocycles. The molecule has 8 heteroatoms. The number of anilines is 3. The summed E-state index contributed by atoms with van der Waals surface area (Å²) in [7, 11) is 0. The molecule has 3 fully saturated rings. The number of nitrogens with one attached hydrogen (secondary N) is 2. The lowest BCUT2D eigenvalue weighted by molar-refractivity contribution is 0.114. The zero-order valence-electron chi connectivity index (χ0n) is 18.1. The number of aromatic nitrogens is 2. The molecule has 2 N–H and O–H groups in total. The fourth-order valence-electron chi connectivity index (χ4n) is 4.56. The smallest absolute Gasteiger partial charge is 0.232 e. The molecule has 0 spiro atoms. The monoisotopic (exact) mass is 432 g/mol. The normalized spacial score (nSPS) is 23.0. The van der Waals surface area contributed by atoms with E-state index in [4.69, 9.17) is 26.9 Å². The van der Waals surface area contributed by atoms with Gasteiger partial charge in [0, 0.05) is 45.4 Å². The maximum absolute atomic E-state index is 5.68. The fourth-order valence-corrected chi connectivity index (χ4v) is 4.73. The maximum Gasteiger partial charge on any atom is 0.232 e. The van der Waals surface area contributed by atoms with E-state index < -0.39 is 0 Å². The zero-order valence-corrected chi connectivity index (χ0v) is 18.9. The Kier molecular flexibility index (Phi) is 7.97. The molecule has 0 bridgehead atoms. The van der Waals surface area contributed by atoms with Crippen molar-refractivity contribution in [3.05, 3.63) is 6.07 Å². The standard InChI is InChI=1S/C22H36N6OS/c30-22(23-17-18-10-9-15-29-18)26-21-24-19(27-11-5-1-2-6-12-27)16-20(25-21)28-13-7-3-4-8-14-28/h16,18H,1-15,17H2,(H2,23,24,25,26,30). The Balaban J connectivity index is 1.49. The molecule has 166 valence electrons. The summed E-state index contributed by atoms with van der Waals surface area (Å²) >= 11 is 5.53. The number of rotatable bonds is 5. The summed E-state index contributed by atoms with van der Waals surface area (Å²) in [5.74, 6) is 2.65. The number of hydrogen-bond donors (Lipinski definition) is 2. The summed E-state index contributed by atoms with van der Waals surface area (Å²) in [5.41, 5.74) is 0. The number of ether oxygens (including phenoxy) is 1. The summed E-state index contributed by atoms with van der Waals surface area (Å²) in [6.45, 7) is 5.85. The molecule has 3 aliphatic rings. The number of hydrogen-bond acceptors (Lipinski definition) is 6. The Hall–Kier alpha value is -1.67. The minimum Gasteiger partial charge on any atom is -0.376 e. The maximum atomic E-state index is 5.68. The van der Waals surface area contributed by atoms with E-state index in [0.29, 0.717) is 11.1 Å². The summed E-state index contributed by atoms with van der Waals surface area (Å²) in [6.07, 6.45) is 12.6. The van der Waals surface area contributed by atoms with Crippen LogP contribution in [0.15, 0.2) is 6.07 Å². The first-order valence-corrected chi connectivity index (χ1v) is 12.2. The highest BCUT2D eigenvalue weighted by Crippen LogP contribution is 2.25. The van der Waals surface area contributed by atoms with Crippen molar-refractivity contribution in [1.82, 2.24) is 15.3 Å². The third kappa shape index (κ3) is 6.17. The van der Waals surface area contributed by atoms with E-state index >= 15 is 0 Å². The molecule has 3 aliphatic heterocycles. The third-order valence-corrected chi connectivity index (χ3v) is 6.55. The molecular formula is C22H36N6OS. The van der Waals surface area contributed by atoms with Crippen molar-refractivity contribution in [3.63, 3.8) is 0 Å². The second-order valence-corrected chi connectivity index (χ2v) is 9.09. The second-order valence-electron chi connectivity index (χ2n) is 8.68. The van der Waals surface area contributed by atoms with Gasteiger partial charge in [0.1, 0.15) is 11.6 Å². The van der Waals surface area contributed by atoms with E-state index in [1.54, 1.807) is 0 Å². The van der Waals surface area contributed by atoms with Crippen LogP contribution in [0.1, 0.15) is 64.2 Å². The topological polar surface area (TPSA) is 65.6 Å². The van der Waals surface area contributed by atoms with Crippen molar-refractivity contribution < 1.29 is 4.74 Å². The van der Waals surface area contributed by atoms with E-state index in [-0.39, 0.29) is 6.10 Å². The van der Waals surface area contributed by atoms with Crippen LogP contribution in [0.4, 0.5) is 17.6 Å². The van der Waals surface area contributed by atoms with Crippen LogP contribution in [0.5, 0.6) is 0 Å². The zero-order chi connectivity index (χ0) is 20.6. The van der Waals surface area contributed by atoms with Gasteiger partial charge in [-0.05, 0) is 50.7 Å². The van der Waals surface area contributed by atoms with Gasteiger partial charge < -0.3 is 25.2 Å². The first-order chi connectivity index (χ1) is 14.8. The van der Waals surface area contributed by atoms with Crippen molar-refractivity contribution in [2.75, 3.05) is 54.4 Å². The predicted molar refractivity (Wildman–Crippen MR) is 127 cm³/mol. The van der Waals surface area contributed by atoms with Gasteiger partial charge in [0.05, 0.1) is 6.10 Å². The van der Waals surface area contributed by atoms with Gasteiger partial charge in [0.25, 0.3) is 0 Å². The number of nitrogens with zero attached hydrogens (tertiary/aromatic N) is 4. The van der Waals surface area contributed by atoms with Crippen LogP contribution in [0.2, 0.25) is 0 Å². The first kappa shape index (κ1) is 21.6. The molecule has 1 aromatic rings. The molecular weight excluding hydrogens is 396 g/mol. The molecule has 0 aliphatic carbocycles. The Labute approximate surface area is 186 Å². The number of thiocarbonyl (C=S) groups is 1. The van der Waals surface area contributed by atoms with Crippen LogP contribution in [-0.2, 0) is 4.74 Å². The highest BCUT2D eigenvalue weighted by atomic mass is 32.1. The predicted octanol–water partition coefficient (Wildman–Crippen LogP) is 3.70. The van der Waals surface area contributed by atoms with E-state index in [0.717, 1.165) is 63.8 Å². The SMILES string of the molecule is S=C(NCC1CCCO1)Nc1nc(N2CCCCCC2)cc(N2CCCCCC2)n1. The molecule has 30 heavy (non-hydrogen) atoms. The minimum absolute atomic E-state index is 0.252. The van der Waals surface area contributed by atoms with Crippen LogP contribution in [0, 0.1) is 0 Å². The van der Waals surface area contributed by atoms with Gasteiger partial charge in [-0.1, -0.05) is 25.7 Å². The van der Waals surface area contributed by atoms with E-state index in [9.17, 15) is 0 Å². The van der Waals surface area contributed by atoms with Gasteiger partial charge >= 0.3 is 0 Å². The van der Waals surface area contributed by atoms with Crippen LogP contribution in [0.25, 0.3) is 0 Å². The van der Waals surface area contributed by atoms with Gasteiger partial charge in [-0.25, -0.2) is 0 Å². The van der Waals surface area contributed by atoms with Crippen molar-refractivity contribution in [3.8, 4) is 0 Å². The van der Waals surface area contributed by atoms with Gasteiger partial charge in [0.15, 0.2) is 5.11 Å². The molecule has 3 saturated heterocycles. The van der Waals surface area contributed by atoms with Gasteiger partial charge in [-0.2, -0.15) is 9.97 Å². The highest BCUT2D eigenvalue weighted by molar-refractivity contribution is 7.80. The highest BCUT2D eigenvalue weighted by Gasteiger charge is 2.19. The average Bonchev–Trinajstić information content (AvgIpc) is 2.97. The minimum atomic E-state index is 0.252. The lowest BCUT2D eigenvalue weighted by Crippen LogP contribution is -2.35. The summed E-state index contributed by atoms with van der Waals surface area (Å²) in [5, 5.41) is 7.09. The lowest BCUT2D eigenvalue weighted by atomic mass is 10.2. The van der Waals surface area contributed by atoms with Crippen LogP contribution in [0.3, 0.4) is 0 Å². The fraction of sp³-hybridized carbons (Fsp3) is 0.773. The van der Waals surface area contributed by atoms with Crippen molar-refractivity contribution in [1.29, 1.82) is 0 Å². The lowest BCUT2D eigenvalue weighted by Gasteiger charge is -2.26. The summed E-state index contributed by atoms with van der Waals surface area (Å²) < 4.78 is 5.68. The first-order valence-electron chi connectivity index (χ1n) is 11.8. The van der Waals surface area contributed by atoms with Crippen LogP contribution in [-0.4, -0.2) is 60.5 Å².